The predicted octanol–water partition coefficient (Wildman–Crippen LogP) is 2.48. The van der Waals surface area contributed by atoms with Gasteiger partial charge in [-0.2, -0.15) is 0 Å². The summed E-state index contributed by atoms with van der Waals surface area (Å²) in [5.74, 6) is 1.95. The van der Waals surface area contributed by atoms with Crippen LogP contribution in [0.4, 0.5) is 11.6 Å². The SMILES string of the molecule is COc1ccccc1N1CCN(Cc2cc(=O)[nH]c(N3CCN(C(=O)COc4ccc(Cl)cc4)CC3)n2)CC1. The van der Waals surface area contributed by atoms with Crippen molar-refractivity contribution in [2.75, 3.05) is 75.9 Å². The van der Waals surface area contributed by atoms with E-state index in [1.165, 1.54) is 0 Å². The van der Waals surface area contributed by atoms with Gasteiger partial charge in [0.25, 0.3) is 11.5 Å². The van der Waals surface area contributed by atoms with Gasteiger partial charge < -0.3 is 24.2 Å². The molecule has 1 aromatic heterocycles. The molecule has 5 rings (SSSR count). The third-order valence-corrected chi connectivity index (χ3v) is 7.33. The molecule has 1 N–H and O–H groups in total. The third kappa shape index (κ3) is 6.82. The molecule has 2 fully saturated rings. The third-order valence-electron chi connectivity index (χ3n) is 7.07. The van der Waals surface area contributed by atoms with Crippen LogP contribution in [-0.4, -0.2) is 91.7 Å². The van der Waals surface area contributed by atoms with Crippen LogP contribution in [0.1, 0.15) is 5.69 Å². The molecule has 39 heavy (non-hydrogen) atoms. The summed E-state index contributed by atoms with van der Waals surface area (Å²) in [5.41, 5.74) is 1.68. The van der Waals surface area contributed by atoms with E-state index in [2.05, 4.69) is 20.9 Å². The fourth-order valence-electron chi connectivity index (χ4n) is 4.93. The summed E-state index contributed by atoms with van der Waals surface area (Å²) in [5, 5.41) is 0.618. The molecule has 0 aliphatic carbocycles. The Bertz CT molecular complexity index is 1320. The molecule has 0 unspecified atom stereocenters. The first kappa shape index (κ1) is 26.8. The van der Waals surface area contributed by atoms with Crippen molar-refractivity contribution in [1.82, 2.24) is 19.8 Å². The van der Waals surface area contributed by atoms with Crippen LogP contribution >= 0.6 is 11.6 Å². The molecule has 11 heteroatoms. The van der Waals surface area contributed by atoms with Crippen molar-refractivity contribution < 1.29 is 14.3 Å². The Morgan fingerprint density at radius 2 is 1.64 bits per heavy atom. The Balaban J connectivity index is 1.12. The summed E-state index contributed by atoms with van der Waals surface area (Å²) in [6.07, 6.45) is 0. The van der Waals surface area contributed by atoms with Crippen molar-refractivity contribution in [3.63, 3.8) is 0 Å². The number of rotatable bonds is 8. The number of aromatic nitrogens is 2. The second kappa shape index (κ2) is 12.4. The highest BCUT2D eigenvalue weighted by atomic mass is 35.5. The van der Waals surface area contributed by atoms with Crippen LogP contribution < -0.4 is 24.8 Å². The molecule has 3 heterocycles. The smallest absolute Gasteiger partial charge is 0.260 e. The first-order valence-electron chi connectivity index (χ1n) is 13.1. The number of aromatic amines is 1. The monoisotopic (exact) mass is 552 g/mol. The van der Waals surface area contributed by atoms with Crippen molar-refractivity contribution in [3.8, 4) is 11.5 Å². The molecule has 2 aromatic carbocycles. The minimum atomic E-state index is -0.169. The number of carbonyl (C=O) groups excluding carboxylic acids is 1. The zero-order valence-corrected chi connectivity index (χ0v) is 22.8. The molecule has 206 valence electrons. The van der Waals surface area contributed by atoms with E-state index in [0.717, 1.165) is 43.3 Å². The molecular weight excluding hydrogens is 520 g/mol. The van der Waals surface area contributed by atoms with Gasteiger partial charge in [0.2, 0.25) is 5.95 Å². The molecule has 10 nitrogen and oxygen atoms in total. The second-order valence-electron chi connectivity index (χ2n) is 9.61. The van der Waals surface area contributed by atoms with Crippen LogP contribution in [0, 0.1) is 0 Å². The molecule has 0 bridgehead atoms. The number of piperazine rings is 2. The van der Waals surface area contributed by atoms with E-state index in [0.29, 0.717) is 49.4 Å². The summed E-state index contributed by atoms with van der Waals surface area (Å²) in [6, 6.07) is 16.6. The van der Waals surface area contributed by atoms with E-state index in [-0.39, 0.29) is 18.1 Å². The van der Waals surface area contributed by atoms with Gasteiger partial charge in [-0.3, -0.25) is 19.5 Å². The van der Waals surface area contributed by atoms with Crippen LogP contribution in [-0.2, 0) is 11.3 Å². The zero-order chi connectivity index (χ0) is 27.2. The fraction of sp³-hybridized carbons (Fsp3) is 0.393. The summed E-state index contributed by atoms with van der Waals surface area (Å²) >= 11 is 5.89. The highest BCUT2D eigenvalue weighted by Crippen LogP contribution is 2.28. The summed E-state index contributed by atoms with van der Waals surface area (Å²) < 4.78 is 11.1. The summed E-state index contributed by atoms with van der Waals surface area (Å²) in [4.78, 5) is 41.2. The van der Waals surface area contributed by atoms with E-state index in [1.807, 2.05) is 23.1 Å². The summed E-state index contributed by atoms with van der Waals surface area (Å²) in [6.45, 7) is 6.26. The topological polar surface area (TPSA) is 94.2 Å². The number of anilines is 2. The van der Waals surface area contributed by atoms with Crippen molar-refractivity contribution >= 4 is 29.1 Å². The Kier molecular flexibility index (Phi) is 8.53. The number of hydrogen-bond donors (Lipinski definition) is 1. The normalized spacial score (nSPS) is 16.3. The molecule has 0 atom stereocenters. The van der Waals surface area contributed by atoms with E-state index in [4.69, 9.17) is 26.1 Å². The minimum absolute atomic E-state index is 0.0312. The average Bonchev–Trinajstić information content (AvgIpc) is 2.97. The molecule has 0 radical (unpaired) electrons. The maximum atomic E-state index is 12.6. The molecule has 3 aromatic rings. The Morgan fingerprint density at radius 3 is 2.36 bits per heavy atom. The van der Waals surface area contributed by atoms with Gasteiger partial charge in [0.15, 0.2) is 6.61 Å². The van der Waals surface area contributed by atoms with Gasteiger partial charge in [0.05, 0.1) is 18.5 Å². The van der Waals surface area contributed by atoms with Crippen molar-refractivity contribution in [2.45, 2.75) is 6.54 Å². The largest absolute Gasteiger partial charge is 0.495 e. The number of ether oxygens (including phenoxy) is 2. The fourth-order valence-corrected chi connectivity index (χ4v) is 5.05. The maximum Gasteiger partial charge on any atom is 0.260 e. The number of hydrogen-bond acceptors (Lipinski definition) is 8. The lowest BCUT2D eigenvalue weighted by molar-refractivity contribution is -0.133. The Hall–Kier alpha value is -3.76. The summed E-state index contributed by atoms with van der Waals surface area (Å²) in [7, 11) is 1.69. The number of amides is 1. The van der Waals surface area contributed by atoms with Crippen molar-refractivity contribution in [3.05, 3.63) is 75.7 Å². The van der Waals surface area contributed by atoms with Gasteiger partial charge in [0.1, 0.15) is 11.5 Å². The number of carbonyl (C=O) groups is 1. The first-order chi connectivity index (χ1) is 19.0. The average molecular weight is 553 g/mol. The lowest BCUT2D eigenvalue weighted by Crippen LogP contribution is -2.50. The standard InChI is InChI=1S/C28H33ClN6O4/c1-38-25-5-3-2-4-24(25)33-12-10-32(11-13-33)19-22-18-26(36)31-28(30-22)35-16-14-34(15-17-35)27(37)20-39-23-8-6-21(29)7-9-23/h2-9,18H,10-17,19-20H2,1H3,(H,30,31,36). The number of halogens is 1. The predicted molar refractivity (Wildman–Crippen MR) is 151 cm³/mol. The van der Waals surface area contributed by atoms with Crippen molar-refractivity contribution in [1.29, 1.82) is 0 Å². The molecular formula is C28H33ClN6O4. The Labute approximate surface area is 232 Å². The quantitative estimate of drug-likeness (QED) is 0.455. The maximum absolute atomic E-state index is 12.6. The van der Waals surface area contributed by atoms with Crippen LogP contribution in [0.5, 0.6) is 11.5 Å². The first-order valence-corrected chi connectivity index (χ1v) is 13.5. The van der Waals surface area contributed by atoms with Crippen LogP contribution in [0.25, 0.3) is 0 Å². The van der Waals surface area contributed by atoms with Gasteiger partial charge in [-0.05, 0) is 36.4 Å². The van der Waals surface area contributed by atoms with E-state index in [9.17, 15) is 9.59 Å². The van der Waals surface area contributed by atoms with Gasteiger partial charge in [-0.15, -0.1) is 0 Å². The molecule has 2 aliphatic rings. The van der Waals surface area contributed by atoms with Gasteiger partial charge in [-0.25, -0.2) is 4.98 Å². The van der Waals surface area contributed by atoms with Gasteiger partial charge >= 0.3 is 0 Å². The van der Waals surface area contributed by atoms with Crippen LogP contribution in [0.2, 0.25) is 5.02 Å². The zero-order valence-electron chi connectivity index (χ0n) is 22.0. The highest BCUT2D eigenvalue weighted by molar-refractivity contribution is 6.30. The number of nitrogens with one attached hydrogen (secondary N) is 1. The van der Waals surface area contributed by atoms with E-state index in [1.54, 1.807) is 42.3 Å². The lowest BCUT2D eigenvalue weighted by atomic mass is 10.2. The van der Waals surface area contributed by atoms with Crippen LogP contribution in [0.3, 0.4) is 0 Å². The number of para-hydroxylation sites is 2. The number of nitrogens with zero attached hydrogens (tertiary/aromatic N) is 5. The number of benzene rings is 2. The lowest BCUT2D eigenvalue weighted by Gasteiger charge is -2.37. The van der Waals surface area contributed by atoms with E-state index >= 15 is 0 Å². The highest BCUT2D eigenvalue weighted by Gasteiger charge is 2.24. The molecule has 2 aliphatic heterocycles. The molecule has 0 spiro atoms. The molecule has 0 saturated carbocycles. The molecule has 2 saturated heterocycles. The van der Waals surface area contributed by atoms with Gasteiger partial charge in [-0.1, -0.05) is 23.7 Å². The van der Waals surface area contributed by atoms with Crippen molar-refractivity contribution in [2.24, 2.45) is 0 Å². The Morgan fingerprint density at radius 1 is 0.949 bits per heavy atom. The van der Waals surface area contributed by atoms with E-state index < -0.39 is 0 Å². The van der Waals surface area contributed by atoms with Crippen LogP contribution in [0.15, 0.2) is 59.4 Å². The number of methoxy groups -OCH3 is 1. The number of H-pyrrole nitrogens is 1. The second-order valence-corrected chi connectivity index (χ2v) is 10.0. The minimum Gasteiger partial charge on any atom is -0.495 e. The molecule has 1 amide bonds. The van der Waals surface area contributed by atoms with Gasteiger partial charge in [0, 0.05) is 70.0 Å².